The first-order valence-electron chi connectivity index (χ1n) is 6.66. The minimum atomic E-state index is -3.69. The largest absolute Gasteiger partial charge is 0.495 e. The van der Waals surface area contributed by atoms with Crippen molar-refractivity contribution in [2.75, 3.05) is 19.5 Å². The molecule has 24 heavy (non-hydrogen) atoms. The van der Waals surface area contributed by atoms with Crippen molar-refractivity contribution in [3.05, 3.63) is 52.0 Å². The molecule has 0 radical (unpaired) electrons. The van der Waals surface area contributed by atoms with Crippen molar-refractivity contribution in [2.45, 2.75) is 4.90 Å². The van der Waals surface area contributed by atoms with E-state index in [2.05, 4.69) is 10.0 Å². The molecule has 0 aliphatic heterocycles. The maximum atomic E-state index is 12.4. The van der Waals surface area contributed by atoms with Crippen molar-refractivity contribution in [2.24, 2.45) is 0 Å². The molecule has 0 aromatic heterocycles. The van der Waals surface area contributed by atoms with E-state index in [9.17, 15) is 13.2 Å². The Morgan fingerprint density at radius 3 is 2.38 bits per heavy atom. The van der Waals surface area contributed by atoms with Crippen LogP contribution in [0.25, 0.3) is 0 Å². The first-order valence-corrected chi connectivity index (χ1v) is 8.90. The summed E-state index contributed by atoms with van der Waals surface area (Å²) in [5.74, 6) is -0.0933. The molecule has 2 rings (SSSR count). The van der Waals surface area contributed by atoms with Crippen LogP contribution in [0.5, 0.6) is 5.75 Å². The first-order chi connectivity index (χ1) is 11.3. The van der Waals surface area contributed by atoms with Crippen LogP contribution >= 0.6 is 23.2 Å². The normalized spacial score (nSPS) is 11.2. The summed E-state index contributed by atoms with van der Waals surface area (Å²) in [7, 11) is -0.926. The third-order valence-corrected chi connectivity index (χ3v) is 5.21. The van der Waals surface area contributed by atoms with Gasteiger partial charge >= 0.3 is 0 Å². The van der Waals surface area contributed by atoms with Gasteiger partial charge in [0.05, 0.1) is 27.6 Å². The smallest absolute Gasteiger partial charge is 0.257 e. The topological polar surface area (TPSA) is 84.5 Å². The predicted octanol–water partition coefficient (Wildman–Crippen LogP) is 3.16. The molecular formula is C15H14Cl2N2O4S. The highest BCUT2D eigenvalue weighted by Crippen LogP contribution is 2.28. The number of halogens is 2. The molecular weight excluding hydrogens is 375 g/mol. The van der Waals surface area contributed by atoms with Gasteiger partial charge in [-0.3, -0.25) is 4.79 Å². The summed E-state index contributed by atoms with van der Waals surface area (Å²) in [4.78, 5) is 12.3. The van der Waals surface area contributed by atoms with Crippen LogP contribution in [0, 0.1) is 0 Å². The average Bonchev–Trinajstić information content (AvgIpc) is 2.55. The molecule has 2 aromatic carbocycles. The lowest BCUT2D eigenvalue weighted by molar-refractivity contribution is 0.102. The number of rotatable bonds is 5. The Kier molecular flexibility index (Phi) is 5.71. The van der Waals surface area contributed by atoms with E-state index in [1.54, 1.807) is 12.1 Å². The monoisotopic (exact) mass is 388 g/mol. The quantitative estimate of drug-likeness (QED) is 0.823. The molecule has 0 heterocycles. The zero-order chi connectivity index (χ0) is 17.9. The average molecular weight is 389 g/mol. The lowest BCUT2D eigenvalue weighted by Gasteiger charge is -2.10. The molecule has 1 amide bonds. The minimum Gasteiger partial charge on any atom is -0.495 e. The van der Waals surface area contributed by atoms with Crippen molar-refractivity contribution < 1.29 is 17.9 Å². The van der Waals surface area contributed by atoms with Crippen LogP contribution < -0.4 is 14.8 Å². The van der Waals surface area contributed by atoms with Gasteiger partial charge in [-0.1, -0.05) is 23.2 Å². The number of methoxy groups -OCH3 is 1. The lowest BCUT2D eigenvalue weighted by atomic mass is 10.2. The van der Waals surface area contributed by atoms with E-state index in [0.29, 0.717) is 16.5 Å². The number of ether oxygens (including phenoxy) is 1. The number of hydrogen-bond acceptors (Lipinski definition) is 4. The number of sulfonamides is 1. The zero-order valence-corrected chi connectivity index (χ0v) is 15.1. The second kappa shape index (κ2) is 7.40. The van der Waals surface area contributed by atoms with Crippen LogP contribution in [0.15, 0.2) is 41.3 Å². The standard InChI is InChI=1S/C15H14Cl2N2O4S/c1-18-24(21,22)10-4-5-12(16)11(8-10)15(20)19-9-3-6-14(23-2)13(17)7-9/h3-8,18H,1-2H3,(H,19,20). The Balaban J connectivity index is 2.33. The SMILES string of the molecule is CNS(=O)(=O)c1ccc(Cl)c(C(=O)Nc2ccc(OC)c(Cl)c2)c1. The molecule has 0 aliphatic rings. The van der Waals surface area contributed by atoms with Gasteiger partial charge in [-0.15, -0.1) is 0 Å². The van der Waals surface area contributed by atoms with Gasteiger partial charge in [0.2, 0.25) is 10.0 Å². The summed E-state index contributed by atoms with van der Waals surface area (Å²) >= 11 is 12.0. The van der Waals surface area contributed by atoms with Crippen molar-refractivity contribution in [3.63, 3.8) is 0 Å². The number of nitrogens with one attached hydrogen (secondary N) is 2. The summed E-state index contributed by atoms with van der Waals surface area (Å²) < 4.78 is 30.9. The summed E-state index contributed by atoms with van der Waals surface area (Å²) in [5, 5.41) is 3.06. The van der Waals surface area contributed by atoms with E-state index >= 15 is 0 Å². The molecule has 0 fully saturated rings. The van der Waals surface area contributed by atoms with Crippen molar-refractivity contribution in [1.82, 2.24) is 4.72 Å². The second-order valence-corrected chi connectivity index (χ2v) is 7.35. The van der Waals surface area contributed by atoms with Crippen LogP contribution in [0.1, 0.15) is 10.4 Å². The number of benzene rings is 2. The van der Waals surface area contributed by atoms with Crippen molar-refractivity contribution in [1.29, 1.82) is 0 Å². The molecule has 0 spiro atoms. The molecule has 9 heteroatoms. The Morgan fingerprint density at radius 1 is 1.08 bits per heavy atom. The molecule has 0 saturated heterocycles. The molecule has 6 nitrogen and oxygen atoms in total. The van der Waals surface area contributed by atoms with Gasteiger partial charge in [-0.2, -0.15) is 0 Å². The molecule has 0 unspecified atom stereocenters. The number of carbonyl (C=O) groups excluding carboxylic acids is 1. The Hall–Kier alpha value is -1.80. The van der Waals surface area contributed by atoms with E-state index in [1.807, 2.05) is 0 Å². The van der Waals surface area contributed by atoms with Crippen LogP contribution in [-0.4, -0.2) is 28.5 Å². The second-order valence-electron chi connectivity index (χ2n) is 4.65. The Morgan fingerprint density at radius 2 is 1.79 bits per heavy atom. The molecule has 2 aromatic rings. The number of amides is 1. The predicted molar refractivity (Wildman–Crippen MR) is 93.7 cm³/mol. The maximum Gasteiger partial charge on any atom is 0.257 e. The number of carbonyl (C=O) groups is 1. The lowest BCUT2D eigenvalue weighted by Crippen LogP contribution is -2.20. The Labute approximate surface area is 149 Å². The molecule has 2 N–H and O–H groups in total. The third kappa shape index (κ3) is 3.99. The Bertz CT molecular complexity index is 885. The van der Waals surface area contributed by atoms with Gasteiger partial charge in [0, 0.05) is 5.69 Å². The van der Waals surface area contributed by atoms with Crippen LogP contribution in [0.2, 0.25) is 10.0 Å². The van der Waals surface area contributed by atoms with E-state index < -0.39 is 15.9 Å². The van der Waals surface area contributed by atoms with Gasteiger partial charge in [0.1, 0.15) is 5.75 Å². The fourth-order valence-electron chi connectivity index (χ4n) is 1.91. The van der Waals surface area contributed by atoms with Gasteiger partial charge in [-0.05, 0) is 43.4 Å². The summed E-state index contributed by atoms with van der Waals surface area (Å²) in [6.07, 6.45) is 0. The van der Waals surface area contributed by atoms with Crippen LogP contribution in [0.4, 0.5) is 5.69 Å². The highest BCUT2D eigenvalue weighted by atomic mass is 35.5. The number of anilines is 1. The van der Waals surface area contributed by atoms with Gasteiger partial charge in [0.15, 0.2) is 0 Å². The molecule has 128 valence electrons. The van der Waals surface area contributed by atoms with Gasteiger partial charge < -0.3 is 10.1 Å². The van der Waals surface area contributed by atoms with Crippen molar-refractivity contribution in [3.8, 4) is 5.75 Å². The zero-order valence-electron chi connectivity index (χ0n) is 12.8. The molecule has 0 aliphatic carbocycles. The summed E-state index contributed by atoms with van der Waals surface area (Å²) in [6, 6.07) is 8.58. The third-order valence-electron chi connectivity index (χ3n) is 3.17. The fraction of sp³-hybridized carbons (Fsp3) is 0.133. The molecule has 0 atom stereocenters. The van der Waals surface area contributed by atoms with E-state index in [1.165, 1.54) is 38.4 Å². The fourth-order valence-corrected chi connectivity index (χ4v) is 3.12. The maximum absolute atomic E-state index is 12.4. The molecule has 0 bridgehead atoms. The van der Waals surface area contributed by atoms with Crippen LogP contribution in [0.3, 0.4) is 0 Å². The van der Waals surface area contributed by atoms with E-state index in [4.69, 9.17) is 27.9 Å². The number of hydrogen-bond donors (Lipinski definition) is 2. The summed E-state index contributed by atoms with van der Waals surface area (Å²) in [5.41, 5.74) is 0.448. The van der Waals surface area contributed by atoms with E-state index in [0.717, 1.165) is 0 Å². The van der Waals surface area contributed by atoms with Crippen LogP contribution in [-0.2, 0) is 10.0 Å². The summed E-state index contributed by atoms with van der Waals surface area (Å²) in [6.45, 7) is 0. The highest BCUT2D eigenvalue weighted by molar-refractivity contribution is 7.89. The first kappa shape index (κ1) is 18.5. The van der Waals surface area contributed by atoms with E-state index in [-0.39, 0.29) is 15.5 Å². The molecule has 0 saturated carbocycles. The van der Waals surface area contributed by atoms with Gasteiger partial charge in [0.25, 0.3) is 5.91 Å². The minimum absolute atomic E-state index is 0.0277. The highest BCUT2D eigenvalue weighted by Gasteiger charge is 2.18. The van der Waals surface area contributed by atoms with Crippen molar-refractivity contribution >= 4 is 44.8 Å². The van der Waals surface area contributed by atoms with Gasteiger partial charge in [-0.25, -0.2) is 13.1 Å².